The third kappa shape index (κ3) is 3.35. The van der Waals surface area contributed by atoms with Crippen LogP contribution in [0.5, 0.6) is 5.75 Å². The number of piperazine rings is 1. The Morgan fingerprint density at radius 2 is 1.53 bits per heavy atom. The zero-order valence-corrected chi connectivity index (χ0v) is 16.5. The fourth-order valence-electron chi connectivity index (χ4n) is 4.04. The van der Waals surface area contributed by atoms with Crippen molar-refractivity contribution in [2.24, 2.45) is 0 Å². The molecule has 0 unspecified atom stereocenters. The number of fused-ring (bicyclic) bond motifs is 1. The number of carbonyl (C=O) groups is 3. The van der Waals surface area contributed by atoms with E-state index in [0.29, 0.717) is 50.3 Å². The molecule has 1 saturated heterocycles. The maximum absolute atomic E-state index is 12.8. The number of rotatable bonds is 3. The largest absolute Gasteiger partial charge is 0.426 e. The van der Waals surface area contributed by atoms with E-state index in [0.717, 1.165) is 16.7 Å². The zero-order chi connectivity index (χ0) is 20.9. The molecular formula is C23H22N2O5. The number of benzene rings is 2. The van der Waals surface area contributed by atoms with Crippen molar-refractivity contribution in [2.75, 3.05) is 26.2 Å². The van der Waals surface area contributed by atoms with Gasteiger partial charge < -0.3 is 19.6 Å². The zero-order valence-electron chi connectivity index (χ0n) is 16.5. The minimum atomic E-state index is -1.15. The smallest absolute Gasteiger partial charge is 0.315 e. The number of carbonyl (C=O) groups excluding carboxylic acids is 3. The fourth-order valence-corrected chi connectivity index (χ4v) is 4.04. The SMILES string of the molecule is O=C1Cc2cc(-c3ccc(C(=O)N4CCN(C(=O)C5(O)CC5)CC4)cc3)ccc2O1. The summed E-state index contributed by atoms with van der Waals surface area (Å²) >= 11 is 0. The normalized spacial score (nSPS) is 19.3. The number of esters is 1. The standard InChI is InChI=1S/C23H22N2O5/c26-20-14-18-13-17(5-6-19(18)30-20)15-1-3-16(4-2-15)21(27)24-9-11-25(12-10-24)22(28)23(29)7-8-23/h1-6,13,29H,7-12,14H2. The Balaban J connectivity index is 1.24. The predicted molar refractivity (Wildman–Crippen MR) is 108 cm³/mol. The van der Waals surface area contributed by atoms with Gasteiger partial charge in [-0.05, 0) is 48.2 Å². The van der Waals surface area contributed by atoms with Crippen molar-refractivity contribution in [1.82, 2.24) is 9.80 Å². The highest BCUT2D eigenvalue weighted by Gasteiger charge is 2.50. The van der Waals surface area contributed by atoms with Gasteiger partial charge in [-0.3, -0.25) is 14.4 Å². The Morgan fingerprint density at radius 1 is 0.900 bits per heavy atom. The molecular weight excluding hydrogens is 384 g/mol. The minimum Gasteiger partial charge on any atom is -0.426 e. The summed E-state index contributed by atoms with van der Waals surface area (Å²) in [4.78, 5) is 39.9. The molecule has 1 saturated carbocycles. The van der Waals surface area contributed by atoms with Crippen LogP contribution in [0.1, 0.15) is 28.8 Å². The molecule has 2 aromatic rings. The first-order chi connectivity index (χ1) is 14.4. The Morgan fingerprint density at radius 3 is 2.20 bits per heavy atom. The van der Waals surface area contributed by atoms with Gasteiger partial charge in [-0.2, -0.15) is 0 Å². The van der Waals surface area contributed by atoms with Crippen LogP contribution in [0.4, 0.5) is 0 Å². The summed E-state index contributed by atoms with van der Waals surface area (Å²) in [7, 11) is 0. The molecule has 0 radical (unpaired) electrons. The Bertz CT molecular complexity index is 1030. The summed E-state index contributed by atoms with van der Waals surface area (Å²) < 4.78 is 5.13. The van der Waals surface area contributed by atoms with Gasteiger partial charge >= 0.3 is 5.97 Å². The van der Waals surface area contributed by atoms with E-state index in [2.05, 4.69) is 0 Å². The topological polar surface area (TPSA) is 87.2 Å². The lowest BCUT2D eigenvalue weighted by atomic mass is 10.0. The van der Waals surface area contributed by atoms with Gasteiger partial charge in [-0.1, -0.05) is 18.2 Å². The van der Waals surface area contributed by atoms with Crippen LogP contribution in [0, 0.1) is 0 Å². The third-order valence-electron chi connectivity index (χ3n) is 6.06. The number of ether oxygens (including phenoxy) is 1. The van der Waals surface area contributed by atoms with Crippen molar-refractivity contribution < 1.29 is 24.2 Å². The summed E-state index contributed by atoms with van der Waals surface area (Å²) in [6, 6.07) is 13.0. The second kappa shape index (κ2) is 6.95. The molecule has 2 fully saturated rings. The minimum absolute atomic E-state index is 0.0632. The van der Waals surface area contributed by atoms with Crippen LogP contribution in [0.2, 0.25) is 0 Å². The lowest BCUT2D eigenvalue weighted by Crippen LogP contribution is -2.53. The van der Waals surface area contributed by atoms with Gasteiger partial charge in [0.05, 0.1) is 6.42 Å². The second-order valence-corrected chi connectivity index (χ2v) is 8.17. The number of amides is 2. The van der Waals surface area contributed by atoms with Gasteiger partial charge in [0.15, 0.2) is 0 Å². The number of hydrogen-bond donors (Lipinski definition) is 1. The van der Waals surface area contributed by atoms with E-state index in [9.17, 15) is 19.5 Å². The Hall–Kier alpha value is -3.19. The predicted octanol–water partition coefficient (Wildman–Crippen LogP) is 1.62. The lowest BCUT2D eigenvalue weighted by Gasteiger charge is -2.35. The third-order valence-corrected chi connectivity index (χ3v) is 6.06. The van der Waals surface area contributed by atoms with Gasteiger partial charge in [0.2, 0.25) is 0 Å². The van der Waals surface area contributed by atoms with Gasteiger partial charge in [0, 0.05) is 37.3 Å². The van der Waals surface area contributed by atoms with Crippen molar-refractivity contribution in [2.45, 2.75) is 24.9 Å². The first kappa shape index (κ1) is 18.8. The summed E-state index contributed by atoms with van der Waals surface area (Å²) in [6.07, 6.45) is 1.35. The maximum Gasteiger partial charge on any atom is 0.315 e. The van der Waals surface area contributed by atoms with Crippen molar-refractivity contribution in [1.29, 1.82) is 0 Å². The lowest BCUT2D eigenvalue weighted by molar-refractivity contribution is -0.144. The molecule has 2 aromatic carbocycles. The summed E-state index contributed by atoms with van der Waals surface area (Å²) in [5.41, 5.74) is 2.25. The molecule has 0 aromatic heterocycles. The molecule has 7 heteroatoms. The van der Waals surface area contributed by atoms with E-state index in [1.165, 1.54) is 0 Å². The molecule has 3 aliphatic rings. The molecule has 154 valence electrons. The molecule has 2 heterocycles. The molecule has 30 heavy (non-hydrogen) atoms. The van der Waals surface area contributed by atoms with Crippen molar-refractivity contribution in [3.05, 3.63) is 53.6 Å². The molecule has 1 N–H and O–H groups in total. The van der Waals surface area contributed by atoms with Crippen molar-refractivity contribution in [3.63, 3.8) is 0 Å². The van der Waals surface area contributed by atoms with Crippen molar-refractivity contribution >= 4 is 17.8 Å². The fraction of sp³-hybridized carbons (Fsp3) is 0.348. The van der Waals surface area contributed by atoms with E-state index < -0.39 is 5.60 Å². The number of nitrogens with zero attached hydrogens (tertiary/aromatic N) is 2. The maximum atomic E-state index is 12.8. The molecule has 7 nitrogen and oxygen atoms in total. The van der Waals surface area contributed by atoms with Crippen LogP contribution in [0.25, 0.3) is 11.1 Å². The van der Waals surface area contributed by atoms with E-state index in [1.807, 2.05) is 24.3 Å². The molecule has 2 aliphatic heterocycles. The van der Waals surface area contributed by atoms with Crippen LogP contribution in [0.15, 0.2) is 42.5 Å². The summed E-state index contributed by atoms with van der Waals surface area (Å²) in [6.45, 7) is 1.81. The van der Waals surface area contributed by atoms with Crippen LogP contribution < -0.4 is 4.74 Å². The number of hydrogen-bond acceptors (Lipinski definition) is 5. The van der Waals surface area contributed by atoms with E-state index in [4.69, 9.17) is 4.74 Å². The Kier molecular flexibility index (Phi) is 4.36. The first-order valence-electron chi connectivity index (χ1n) is 10.2. The van der Waals surface area contributed by atoms with Crippen LogP contribution in [-0.2, 0) is 16.0 Å². The molecule has 0 spiro atoms. The van der Waals surface area contributed by atoms with Crippen LogP contribution in [0.3, 0.4) is 0 Å². The highest BCUT2D eigenvalue weighted by molar-refractivity contribution is 5.95. The van der Waals surface area contributed by atoms with Crippen LogP contribution in [-0.4, -0.2) is 64.5 Å². The average molecular weight is 406 g/mol. The van der Waals surface area contributed by atoms with Crippen LogP contribution >= 0.6 is 0 Å². The molecule has 0 atom stereocenters. The molecule has 5 rings (SSSR count). The Labute approximate surface area is 173 Å². The first-order valence-corrected chi connectivity index (χ1v) is 10.2. The van der Waals surface area contributed by atoms with Crippen molar-refractivity contribution in [3.8, 4) is 16.9 Å². The summed E-state index contributed by atoms with van der Waals surface area (Å²) in [5.74, 6) is 0.102. The highest BCUT2D eigenvalue weighted by Crippen LogP contribution is 2.37. The second-order valence-electron chi connectivity index (χ2n) is 8.17. The quantitative estimate of drug-likeness (QED) is 0.618. The van der Waals surface area contributed by atoms with Gasteiger partial charge in [0.1, 0.15) is 11.4 Å². The molecule has 1 aliphatic carbocycles. The number of aliphatic hydroxyl groups is 1. The van der Waals surface area contributed by atoms with Gasteiger partial charge in [-0.25, -0.2) is 0 Å². The highest BCUT2D eigenvalue weighted by atomic mass is 16.5. The van der Waals surface area contributed by atoms with E-state index in [-0.39, 0.29) is 24.2 Å². The molecule has 0 bridgehead atoms. The van der Waals surface area contributed by atoms with Gasteiger partial charge in [-0.15, -0.1) is 0 Å². The van der Waals surface area contributed by atoms with E-state index >= 15 is 0 Å². The summed E-state index contributed by atoms with van der Waals surface area (Å²) in [5, 5.41) is 9.99. The van der Waals surface area contributed by atoms with Gasteiger partial charge in [0.25, 0.3) is 11.8 Å². The monoisotopic (exact) mass is 406 g/mol. The molecule has 2 amide bonds. The van der Waals surface area contributed by atoms with E-state index in [1.54, 1.807) is 28.0 Å². The average Bonchev–Trinajstić information content (AvgIpc) is 3.41.